The summed E-state index contributed by atoms with van der Waals surface area (Å²) in [5.41, 5.74) is 3.89. The molecule has 0 bridgehead atoms. The zero-order chi connectivity index (χ0) is 30.7. The zero-order valence-corrected chi connectivity index (χ0v) is 24.8. The van der Waals surface area contributed by atoms with Crippen LogP contribution in [0, 0.1) is 19.7 Å². The summed E-state index contributed by atoms with van der Waals surface area (Å²) in [5.74, 6) is 1.53. The molecule has 0 radical (unpaired) electrons. The lowest BCUT2D eigenvalue weighted by Crippen LogP contribution is -2.48. The predicted octanol–water partition coefficient (Wildman–Crippen LogP) is 4.85. The van der Waals surface area contributed by atoms with Gasteiger partial charge in [0.2, 0.25) is 11.9 Å². The van der Waals surface area contributed by atoms with Gasteiger partial charge in [0.05, 0.1) is 6.20 Å². The summed E-state index contributed by atoms with van der Waals surface area (Å²) in [7, 11) is 1.65. The summed E-state index contributed by atoms with van der Waals surface area (Å²) in [6, 6.07) is 7.26. The molecular weight excluding hydrogens is 551 g/mol. The van der Waals surface area contributed by atoms with Gasteiger partial charge < -0.3 is 19.9 Å². The number of nitrogens with zero attached hydrogens (tertiary/aromatic N) is 9. The molecule has 1 fully saturated rings. The number of anilines is 3. The highest BCUT2D eigenvalue weighted by atomic mass is 19.1. The van der Waals surface area contributed by atoms with E-state index < -0.39 is 5.82 Å². The summed E-state index contributed by atoms with van der Waals surface area (Å²) >= 11 is 0. The fourth-order valence-electron chi connectivity index (χ4n) is 4.79. The van der Waals surface area contributed by atoms with E-state index in [-0.39, 0.29) is 5.91 Å². The van der Waals surface area contributed by atoms with Crippen molar-refractivity contribution in [1.29, 1.82) is 0 Å². The molecule has 1 saturated heterocycles. The van der Waals surface area contributed by atoms with E-state index in [9.17, 15) is 9.18 Å². The van der Waals surface area contributed by atoms with E-state index in [1.54, 1.807) is 31.1 Å². The molecule has 1 aliphatic heterocycles. The number of benzene rings is 2. The van der Waals surface area contributed by atoms with Gasteiger partial charge in [-0.2, -0.15) is 0 Å². The Morgan fingerprint density at radius 3 is 2.53 bits per heavy atom. The third-order valence-electron chi connectivity index (χ3n) is 7.10. The molecule has 3 aromatic heterocycles. The van der Waals surface area contributed by atoms with E-state index in [1.807, 2.05) is 43.9 Å². The smallest absolute Gasteiger partial charge is 0.246 e. The Balaban J connectivity index is 0.00000180. The van der Waals surface area contributed by atoms with E-state index in [0.717, 1.165) is 11.3 Å². The van der Waals surface area contributed by atoms with Crippen LogP contribution >= 0.6 is 0 Å². The average molecular weight is 585 g/mol. The minimum absolute atomic E-state index is 0.0791. The van der Waals surface area contributed by atoms with Crippen molar-refractivity contribution in [1.82, 2.24) is 39.8 Å². The highest BCUT2D eigenvalue weighted by molar-refractivity contribution is 5.88. The van der Waals surface area contributed by atoms with Crippen LogP contribution in [-0.4, -0.2) is 71.9 Å². The van der Waals surface area contributed by atoms with Crippen LogP contribution in [0.1, 0.15) is 25.0 Å². The van der Waals surface area contributed by atoms with E-state index in [1.165, 1.54) is 17.1 Å². The first kappa shape index (κ1) is 29.3. The maximum absolute atomic E-state index is 15.0. The molecule has 1 N–H and O–H groups in total. The number of halogens is 1. The summed E-state index contributed by atoms with van der Waals surface area (Å²) in [6.45, 7) is 13.5. The number of rotatable bonds is 6. The molecule has 4 heterocycles. The molecule has 43 heavy (non-hydrogen) atoms. The van der Waals surface area contributed by atoms with Gasteiger partial charge in [0.1, 0.15) is 39.9 Å². The van der Waals surface area contributed by atoms with Crippen LogP contribution in [0.15, 0.2) is 49.4 Å². The Kier molecular flexibility index (Phi) is 8.41. The van der Waals surface area contributed by atoms with Crippen LogP contribution in [0.2, 0.25) is 0 Å². The number of carbonyl (C=O) groups excluding carboxylic acids is 1. The fourth-order valence-corrected chi connectivity index (χ4v) is 4.79. The van der Waals surface area contributed by atoms with Gasteiger partial charge in [0, 0.05) is 50.5 Å². The second-order valence-corrected chi connectivity index (χ2v) is 9.74. The van der Waals surface area contributed by atoms with E-state index in [0.29, 0.717) is 77.1 Å². The number of ether oxygens (including phenoxy) is 1. The zero-order valence-electron chi connectivity index (χ0n) is 24.8. The van der Waals surface area contributed by atoms with E-state index >= 15 is 0 Å². The molecule has 0 atom stereocenters. The number of hydrogen-bond acceptors (Lipinski definition) is 10. The molecular formula is C30H33FN10O2. The van der Waals surface area contributed by atoms with Crippen molar-refractivity contribution in [2.45, 2.75) is 27.7 Å². The molecule has 13 heteroatoms. The van der Waals surface area contributed by atoms with E-state index in [2.05, 4.69) is 37.2 Å². The second kappa shape index (κ2) is 12.3. The number of piperazine rings is 1. The molecule has 0 aliphatic carbocycles. The van der Waals surface area contributed by atoms with Gasteiger partial charge in [-0.05, 0) is 43.7 Å². The van der Waals surface area contributed by atoms with Crippen molar-refractivity contribution < 1.29 is 13.9 Å². The molecule has 12 nitrogen and oxygen atoms in total. The Bertz CT molecular complexity index is 1810. The van der Waals surface area contributed by atoms with Crippen LogP contribution in [0.4, 0.5) is 21.8 Å². The Morgan fingerprint density at radius 1 is 1.05 bits per heavy atom. The average Bonchev–Trinajstić information content (AvgIpc) is 3.41. The third kappa shape index (κ3) is 5.78. The Labute approximate surface area is 248 Å². The first-order valence-electron chi connectivity index (χ1n) is 14.0. The van der Waals surface area contributed by atoms with Gasteiger partial charge in [-0.25, -0.2) is 29.0 Å². The monoisotopic (exact) mass is 584 g/mol. The molecule has 222 valence electrons. The Morgan fingerprint density at radius 2 is 1.81 bits per heavy atom. The van der Waals surface area contributed by atoms with Crippen molar-refractivity contribution in [3.63, 3.8) is 0 Å². The maximum atomic E-state index is 15.0. The lowest BCUT2D eigenvalue weighted by molar-refractivity contribution is -0.126. The Hall–Kier alpha value is -5.20. The first-order chi connectivity index (χ1) is 20.8. The first-order valence-corrected chi connectivity index (χ1v) is 14.0. The number of aryl methyl sites for hydroxylation is 2. The quantitative estimate of drug-likeness (QED) is 0.277. The van der Waals surface area contributed by atoms with Crippen LogP contribution in [0.5, 0.6) is 11.5 Å². The number of amides is 1. The van der Waals surface area contributed by atoms with Gasteiger partial charge in [0.25, 0.3) is 0 Å². The highest BCUT2D eigenvalue weighted by Crippen LogP contribution is 2.34. The minimum Gasteiger partial charge on any atom is -0.457 e. The lowest BCUT2D eigenvalue weighted by Gasteiger charge is -2.34. The maximum Gasteiger partial charge on any atom is 0.246 e. The van der Waals surface area contributed by atoms with Crippen LogP contribution in [-0.2, 0) is 11.8 Å². The van der Waals surface area contributed by atoms with Crippen molar-refractivity contribution in [3.8, 4) is 11.5 Å². The van der Waals surface area contributed by atoms with Gasteiger partial charge in [-0.15, -0.1) is 5.10 Å². The largest absolute Gasteiger partial charge is 0.457 e. The molecule has 6 rings (SSSR count). The number of hydrogen-bond donors (Lipinski definition) is 1. The van der Waals surface area contributed by atoms with Crippen molar-refractivity contribution in [2.75, 3.05) is 36.4 Å². The summed E-state index contributed by atoms with van der Waals surface area (Å²) < 4.78 is 22.5. The number of carbonyl (C=O) groups is 1. The minimum atomic E-state index is -0.412. The van der Waals surface area contributed by atoms with Crippen LogP contribution in [0.25, 0.3) is 22.1 Å². The van der Waals surface area contributed by atoms with E-state index in [4.69, 9.17) is 9.72 Å². The molecule has 1 aliphatic rings. The summed E-state index contributed by atoms with van der Waals surface area (Å²) in [4.78, 5) is 33.7. The number of aromatic nitrogens is 7. The number of nitrogens with one attached hydrogen (secondary N) is 1. The van der Waals surface area contributed by atoms with Crippen molar-refractivity contribution >= 4 is 45.4 Å². The van der Waals surface area contributed by atoms with Gasteiger partial charge in [0.15, 0.2) is 11.6 Å². The van der Waals surface area contributed by atoms with Gasteiger partial charge in [-0.3, -0.25) is 4.79 Å². The van der Waals surface area contributed by atoms with Gasteiger partial charge in [-0.1, -0.05) is 25.6 Å². The predicted molar refractivity (Wildman–Crippen MR) is 163 cm³/mol. The SMILES string of the molecule is C=CC(=O)N1CCN(c2ncc3ncnc(Nc4ccc(Oc5cc6nnn(C)c6c(F)c5C)c(C)c4)c3n2)CC1.CC. The lowest BCUT2D eigenvalue weighted by atomic mass is 10.1. The normalized spacial score (nSPS) is 13.1. The molecule has 0 unspecified atom stereocenters. The third-order valence-corrected chi connectivity index (χ3v) is 7.10. The van der Waals surface area contributed by atoms with Crippen molar-refractivity contribution in [3.05, 3.63) is 66.4 Å². The van der Waals surface area contributed by atoms with Gasteiger partial charge >= 0.3 is 0 Å². The molecule has 0 saturated carbocycles. The molecule has 2 aromatic carbocycles. The fraction of sp³-hybridized carbons (Fsp3) is 0.300. The standard InChI is InChI=1S/C28H27FN10O2.C2H6/c1-5-23(40)38-8-10-39(11-9-38)28-30-14-20-25(34-28)27(32-15-31-20)33-18-6-7-21(16(2)12-18)41-22-13-19-26(24(29)17(22)3)37(4)36-35-19;1-2/h5-7,12-15H,1,8-11H2,2-4H3,(H,31,32,33);1-2H3. The molecule has 1 amide bonds. The summed E-state index contributed by atoms with van der Waals surface area (Å²) in [6.07, 6.45) is 4.46. The van der Waals surface area contributed by atoms with Crippen molar-refractivity contribution in [2.24, 2.45) is 7.05 Å². The molecule has 5 aromatic rings. The second-order valence-electron chi connectivity index (χ2n) is 9.74. The highest BCUT2D eigenvalue weighted by Gasteiger charge is 2.22. The topological polar surface area (TPSA) is 127 Å². The van der Waals surface area contributed by atoms with Crippen LogP contribution < -0.4 is 15.0 Å². The summed E-state index contributed by atoms with van der Waals surface area (Å²) in [5, 5.41) is 11.2. The number of fused-ring (bicyclic) bond motifs is 2. The van der Waals surface area contributed by atoms with Crippen LogP contribution in [0.3, 0.4) is 0 Å². The molecule has 0 spiro atoms.